The Morgan fingerprint density at radius 2 is 1.80 bits per heavy atom. The summed E-state index contributed by atoms with van der Waals surface area (Å²) in [5.41, 5.74) is 2.71. The predicted octanol–water partition coefficient (Wildman–Crippen LogP) is -2.60. The van der Waals surface area contributed by atoms with Crippen molar-refractivity contribution < 1.29 is 51.0 Å². The summed E-state index contributed by atoms with van der Waals surface area (Å²) in [5.74, 6) is 0. The van der Waals surface area contributed by atoms with E-state index in [2.05, 4.69) is 38.2 Å². The molecule has 0 aromatic carbocycles. The molecule has 3 heteroatoms. The zero-order valence-electron chi connectivity index (χ0n) is 8.98. The number of rotatable bonds is 0. The molecule has 0 aliphatic heterocycles. The van der Waals surface area contributed by atoms with Crippen LogP contribution in [0.5, 0.6) is 0 Å². The van der Waals surface area contributed by atoms with E-state index in [9.17, 15) is 0 Å². The van der Waals surface area contributed by atoms with Gasteiger partial charge in [-0.3, -0.25) is 12.2 Å². The summed E-state index contributed by atoms with van der Waals surface area (Å²) in [7, 11) is 0. The van der Waals surface area contributed by atoms with E-state index >= 15 is 0 Å². The van der Waals surface area contributed by atoms with Crippen LogP contribution in [0.1, 0.15) is 26.7 Å². The van der Waals surface area contributed by atoms with Crippen LogP contribution in [0.4, 0.5) is 0 Å². The van der Waals surface area contributed by atoms with E-state index in [1.807, 2.05) is 12.2 Å². The minimum absolute atomic E-state index is 0. The van der Waals surface area contributed by atoms with Crippen molar-refractivity contribution in [3.05, 3.63) is 47.6 Å². The molecule has 80 valence electrons. The van der Waals surface area contributed by atoms with E-state index in [0.717, 1.165) is 12.8 Å². The molecule has 0 nitrogen and oxygen atoms in total. The van der Waals surface area contributed by atoms with Crippen LogP contribution in [0.25, 0.3) is 0 Å². The van der Waals surface area contributed by atoms with Crippen LogP contribution in [-0.2, 0) is 26.2 Å². The molecule has 0 N–H and O–H groups in total. The molecule has 0 radical (unpaired) electrons. The van der Waals surface area contributed by atoms with Gasteiger partial charge in [0.25, 0.3) is 0 Å². The maximum Gasteiger partial charge on any atom is 4.00 e. The van der Waals surface area contributed by atoms with Gasteiger partial charge < -0.3 is 24.8 Å². The van der Waals surface area contributed by atoms with Gasteiger partial charge in [0.2, 0.25) is 0 Å². The van der Waals surface area contributed by atoms with Crippen LogP contribution in [0.2, 0.25) is 0 Å². The van der Waals surface area contributed by atoms with Crippen molar-refractivity contribution in [2.24, 2.45) is 0 Å². The number of hydrogen-bond acceptors (Lipinski definition) is 0. The Morgan fingerprint density at radius 1 is 1.13 bits per heavy atom. The molecule has 0 atom stereocenters. The van der Waals surface area contributed by atoms with Crippen LogP contribution in [0, 0.1) is 12.2 Å². The van der Waals surface area contributed by atoms with Crippen molar-refractivity contribution in [2.75, 3.05) is 0 Å². The van der Waals surface area contributed by atoms with Gasteiger partial charge in [0.05, 0.1) is 0 Å². The quantitative estimate of drug-likeness (QED) is 0.430. The van der Waals surface area contributed by atoms with E-state index < -0.39 is 0 Å². The molecule has 0 aromatic heterocycles. The maximum atomic E-state index is 3.19. The Morgan fingerprint density at radius 3 is 1.93 bits per heavy atom. The van der Waals surface area contributed by atoms with Crippen molar-refractivity contribution in [3.63, 3.8) is 0 Å². The molecule has 0 bridgehead atoms. The zero-order valence-corrected chi connectivity index (χ0v) is 12.9. The first-order valence-electron chi connectivity index (χ1n) is 4.27. The summed E-state index contributed by atoms with van der Waals surface area (Å²) < 4.78 is 0. The van der Waals surface area contributed by atoms with Crippen molar-refractivity contribution in [3.8, 4) is 0 Å². The second kappa shape index (κ2) is 12.5. The first-order chi connectivity index (χ1) is 5.80. The minimum Gasteiger partial charge on any atom is -1.00 e. The molecule has 0 heterocycles. The summed E-state index contributed by atoms with van der Waals surface area (Å²) in [6.45, 7) is 4.22. The van der Waals surface area contributed by atoms with Crippen molar-refractivity contribution in [1.82, 2.24) is 0 Å². The van der Waals surface area contributed by atoms with Crippen molar-refractivity contribution in [1.29, 1.82) is 0 Å². The van der Waals surface area contributed by atoms with E-state index in [1.165, 1.54) is 11.1 Å². The molecule has 0 saturated heterocycles. The molecule has 0 unspecified atom stereocenters. The Hall–Kier alpha value is 0.423. The molecule has 0 spiro atoms. The van der Waals surface area contributed by atoms with Crippen LogP contribution < -0.4 is 24.8 Å². The molecule has 15 heavy (non-hydrogen) atoms. The Bertz CT molecular complexity index is 237. The molecule has 0 amide bonds. The summed E-state index contributed by atoms with van der Waals surface area (Å²) in [6, 6.07) is 0. The first kappa shape index (κ1) is 20.8. The zero-order chi connectivity index (χ0) is 8.81. The monoisotopic (exact) mass is 318 g/mol. The van der Waals surface area contributed by atoms with E-state index in [-0.39, 0.29) is 51.0 Å². The largest absolute Gasteiger partial charge is 4.00 e. The summed E-state index contributed by atoms with van der Waals surface area (Å²) >= 11 is 0. The van der Waals surface area contributed by atoms with E-state index in [1.54, 1.807) is 0 Å². The summed E-state index contributed by atoms with van der Waals surface area (Å²) in [4.78, 5) is 0. The molecule has 0 fully saturated rings. The van der Waals surface area contributed by atoms with Gasteiger partial charge >= 0.3 is 26.2 Å². The minimum atomic E-state index is 0. The Balaban J connectivity index is -0.000000165. The standard InChI is InChI=1S/C7H9.C5H5.2ClH.Zr/c1-6-4-3-5-7(6)2;1-2-4-5-3-1;;;/h4H,3H2,1-2H3;1-3H,4H2;2*1H;/q2*-1;;;+4/p-2. The van der Waals surface area contributed by atoms with Gasteiger partial charge in [0, 0.05) is 0 Å². The third-order valence-corrected chi connectivity index (χ3v) is 1.95. The fourth-order valence-corrected chi connectivity index (χ4v) is 0.990. The SMILES string of the molecule is CC1=[C-]CC=C1C.[C-]1=CC=CC1.[Cl-].[Cl-].[Zr+4]. The average Bonchev–Trinajstić information content (AvgIpc) is 2.67. The van der Waals surface area contributed by atoms with Crippen LogP contribution in [0.3, 0.4) is 0 Å². The second-order valence-corrected chi connectivity index (χ2v) is 2.90. The number of halogens is 2. The molecule has 2 aliphatic rings. The van der Waals surface area contributed by atoms with Gasteiger partial charge in [0.15, 0.2) is 0 Å². The molecular formula is C12H14Cl2Zr. The molecular weight excluding hydrogens is 306 g/mol. The smallest absolute Gasteiger partial charge is 1.00 e. The fraction of sp³-hybridized carbons (Fsp3) is 0.333. The van der Waals surface area contributed by atoms with Gasteiger partial charge in [-0.1, -0.05) is 6.92 Å². The number of allylic oxidation sites excluding steroid dienone is 8. The Kier molecular flexibility index (Phi) is 17.3. The topological polar surface area (TPSA) is 0 Å². The maximum absolute atomic E-state index is 3.19. The van der Waals surface area contributed by atoms with Crippen LogP contribution in [0.15, 0.2) is 35.5 Å². The van der Waals surface area contributed by atoms with Crippen molar-refractivity contribution in [2.45, 2.75) is 26.7 Å². The normalized spacial score (nSPS) is 14.8. The third kappa shape index (κ3) is 9.36. The van der Waals surface area contributed by atoms with Gasteiger partial charge in [-0.05, 0) is 0 Å². The van der Waals surface area contributed by atoms with E-state index in [4.69, 9.17) is 0 Å². The third-order valence-electron chi connectivity index (χ3n) is 1.95. The summed E-state index contributed by atoms with van der Waals surface area (Å²) in [5, 5.41) is 0. The predicted molar refractivity (Wildman–Crippen MR) is 52.4 cm³/mol. The van der Waals surface area contributed by atoms with Gasteiger partial charge in [-0.2, -0.15) is 12.2 Å². The van der Waals surface area contributed by atoms with E-state index in [0.29, 0.717) is 0 Å². The average molecular weight is 320 g/mol. The van der Waals surface area contributed by atoms with Crippen LogP contribution >= 0.6 is 0 Å². The Labute approximate surface area is 125 Å². The number of hydrogen-bond donors (Lipinski definition) is 0. The molecule has 0 saturated carbocycles. The fourth-order valence-electron chi connectivity index (χ4n) is 0.990. The van der Waals surface area contributed by atoms with Crippen LogP contribution in [-0.4, -0.2) is 0 Å². The first-order valence-corrected chi connectivity index (χ1v) is 4.27. The summed E-state index contributed by atoms with van der Waals surface area (Å²) in [6.07, 6.45) is 16.4. The van der Waals surface area contributed by atoms with Gasteiger partial charge in [0.1, 0.15) is 0 Å². The van der Waals surface area contributed by atoms with Gasteiger partial charge in [-0.25, -0.2) is 23.3 Å². The molecule has 0 aromatic rings. The molecule has 2 rings (SSSR count). The molecule has 2 aliphatic carbocycles. The second-order valence-electron chi connectivity index (χ2n) is 2.90. The van der Waals surface area contributed by atoms with Crippen molar-refractivity contribution >= 4 is 0 Å². The van der Waals surface area contributed by atoms with Gasteiger partial charge in [-0.15, -0.1) is 19.8 Å².